The Morgan fingerprint density at radius 3 is 2.56 bits per heavy atom. The monoisotopic (exact) mass is 214 g/mol. The molecule has 2 amide bonds. The summed E-state index contributed by atoms with van der Waals surface area (Å²) in [4.78, 5) is 11.2. The average Bonchev–Trinajstić information content (AvgIpc) is 2.59. The first-order valence-corrected chi connectivity index (χ1v) is 4.54. The maximum atomic E-state index is 11.2. The second-order valence-corrected chi connectivity index (χ2v) is 3.21. The zero-order valence-electron chi connectivity index (χ0n) is 8.21. The number of nitriles is 1. The molecular weight excluding hydrogens is 206 g/mol. The Bertz CT molecular complexity index is 535. The molecule has 0 unspecified atom stereocenters. The van der Waals surface area contributed by atoms with E-state index in [1.807, 2.05) is 6.07 Å². The van der Waals surface area contributed by atoms with E-state index in [0.717, 1.165) is 5.56 Å². The van der Waals surface area contributed by atoms with E-state index in [0.29, 0.717) is 5.56 Å². The number of hydrogen-bond acceptors (Lipinski definition) is 3. The lowest BCUT2D eigenvalue weighted by molar-refractivity contribution is -0.336. The predicted molar refractivity (Wildman–Crippen MR) is 55.8 cm³/mol. The summed E-state index contributed by atoms with van der Waals surface area (Å²) in [7, 11) is 0. The number of hydrogen-bond donors (Lipinski definition) is 2. The molecule has 1 aromatic rings. The fourth-order valence-electron chi connectivity index (χ4n) is 1.30. The van der Waals surface area contributed by atoms with Gasteiger partial charge in [-0.1, -0.05) is 12.1 Å². The van der Waals surface area contributed by atoms with Crippen molar-refractivity contribution in [2.24, 2.45) is 0 Å². The largest absolute Gasteiger partial charge is 0.503 e. The fraction of sp³-hybridized carbons (Fsp3) is 0. The highest BCUT2D eigenvalue weighted by Crippen LogP contribution is 2.03. The summed E-state index contributed by atoms with van der Waals surface area (Å²) in [5.74, 6) is -0.185. The van der Waals surface area contributed by atoms with E-state index in [2.05, 4.69) is 5.32 Å². The van der Waals surface area contributed by atoms with Gasteiger partial charge < -0.3 is 5.11 Å². The second-order valence-electron chi connectivity index (χ2n) is 3.21. The first-order chi connectivity index (χ1) is 7.69. The molecule has 0 bridgehead atoms. The molecule has 1 aliphatic heterocycles. The Morgan fingerprint density at radius 1 is 1.38 bits per heavy atom. The Morgan fingerprint density at radius 2 is 2.06 bits per heavy atom. The van der Waals surface area contributed by atoms with Gasteiger partial charge in [-0.25, -0.2) is 0 Å². The quantitative estimate of drug-likeness (QED) is 0.686. The molecular formula is C11H8N3O2+. The molecule has 1 aliphatic rings. The Labute approximate surface area is 91.6 Å². The third kappa shape index (κ3) is 1.91. The van der Waals surface area contributed by atoms with Gasteiger partial charge in [0.15, 0.2) is 6.20 Å². The van der Waals surface area contributed by atoms with Crippen LogP contribution in [0.1, 0.15) is 11.1 Å². The number of nitrogens with one attached hydrogen (secondary N) is 1. The number of carbonyl (C=O) groups is 1. The fourth-order valence-corrected chi connectivity index (χ4v) is 1.30. The zero-order chi connectivity index (χ0) is 11.5. The lowest BCUT2D eigenvalue weighted by atomic mass is 10.2. The summed E-state index contributed by atoms with van der Waals surface area (Å²) >= 11 is 0. The average molecular weight is 214 g/mol. The van der Waals surface area contributed by atoms with Gasteiger partial charge in [0.1, 0.15) is 6.21 Å². The van der Waals surface area contributed by atoms with Crippen molar-refractivity contribution in [3.05, 3.63) is 47.5 Å². The number of urea groups is 1. The van der Waals surface area contributed by atoms with Crippen LogP contribution in [0.2, 0.25) is 0 Å². The van der Waals surface area contributed by atoms with Crippen LogP contribution in [0.5, 0.6) is 0 Å². The molecule has 78 valence electrons. The maximum absolute atomic E-state index is 11.2. The van der Waals surface area contributed by atoms with E-state index in [1.165, 1.54) is 10.8 Å². The molecule has 0 saturated heterocycles. The van der Waals surface area contributed by atoms with Crippen molar-refractivity contribution >= 4 is 12.2 Å². The van der Waals surface area contributed by atoms with Gasteiger partial charge in [-0.15, -0.1) is 0 Å². The van der Waals surface area contributed by atoms with Crippen molar-refractivity contribution in [3.8, 4) is 6.07 Å². The first-order valence-electron chi connectivity index (χ1n) is 4.54. The SMILES string of the molecule is N#Cc1ccc(C=[N+]2C=C(O)NC2=O)cc1. The summed E-state index contributed by atoms with van der Waals surface area (Å²) < 4.78 is 1.23. The van der Waals surface area contributed by atoms with E-state index in [9.17, 15) is 4.79 Å². The minimum Gasteiger partial charge on any atom is -0.475 e. The molecule has 2 rings (SSSR count). The van der Waals surface area contributed by atoms with Gasteiger partial charge in [0.05, 0.1) is 11.6 Å². The standard InChI is InChI=1S/C11H7N3O2/c12-5-8-1-3-9(4-2-8)6-14-7-10(15)13-11(14)16/h1-4,6-7H,(H-,13,15,16)/p+1. The molecule has 0 spiro atoms. The second kappa shape index (κ2) is 3.87. The highest BCUT2D eigenvalue weighted by Gasteiger charge is 2.25. The molecule has 0 aromatic heterocycles. The molecule has 2 N–H and O–H groups in total. The summed E-state index contributed by atoms with van der Waals surface area (Å²) in [6.45, 7) is 0. The number of aliphatic hydroxyl groups is 1. The van der Waals surface area contributed by atoms with Crippen LogP contribution in [0.3, 0.4) is 0 Å². The molecule has 5 nitrogen and oxygen atoms in total. The number of benzene rings is 1. The normalized spacial score (nSPS) is 16.8. The van der Waals surface area contributed by atoms with Gasteiger partial charge in [-0.3, -0.25) is 0 Å². The molecule has 0 aliphatic carbocycles. The molecule has 0 atom stereocenters. The van der Waals surface area contributed by atoms with E-state index in [4.69, 9.17) is 10.4 Å². The van der Waals surface area contributed by atoms with Gasteiger partial charge in [-0.2, -0.15) is 19.9 Å². The molecule has 1 heterocycles. The number of nitrogens with zero attached hydrogens (tertiary/aromatic N) is 2. The van der Waals surface area contributed by atoms with Crippen LogP contribution in [0.25, 0.3) is 0 Å². The minimum atomic E-state index is -0.415. The molecule has 1 aromatic carbocycles. The lowest BCUT2D eigenvalue weighted by Crippen LogP contribution is -2.22. The minimum absolute atomic E-state index is 0.185. The Balaban J connectivity index is 2.30. The Hall–Kier alpha value is -2.61. The van der Waals surface area contributed by atoms with Crippen molar-refractivity contribution < 1.29 is 14.5 Å². The third-order valence-electron chi connectivity index (χ3n) is 2.06. The Kier molecular flexibility index (Phi) is 2.40. The highest BCUT2D eigenvalue weighted by molar-refractivity contribution is 5.83. The third-order valence-corrected chi connectivity index (χ3v) is 2.06. The molecule has 0 saturated carbocycles. The van der Waals surface area contributed by atoms with Crippen LogP contribution >= 0.6 is 0 Å². The van der Waals surface area contributed by atoms with Gasteiger partial charge in [0.2, 0.25) is 0 Å². The number of aliphatic hydroxyl groups excluding tert-OH is 1. The number of rotatable bonds is 1. The molecule has 0 radical (unpaired) electrons. The summed E-state index contributed by atoms with van der Waals surface area (Å²) in [6.07, 6.45) is 2.83. The summed E-state index contributed by atoms with van der Waals surface area (Å²) in [5.41, 5.74) is 1.32. The van der Waals surface area contributed by atoms with E-state index >= 15 is 0 Å². The van der Waals surface area contributed by atoms with E-state index < -0.39 is 6.03 Å². The van der Waals surface area contributed by atoms with Crippen molar-refractivity contribution in [2.75, 3.05) is 0 Å². The van der Waals surface area contributed by atoms with Crippen molar-refractivity contribution in [1.29, 1.82) is 5.26 Å². The van der Waals surface area contributed by atoms with Gasteiger partial charge in [0, 0.05) is 5.56 Å². The molecule has 5 heteroatoms. The smallest absolute Gasteiger partial charge is 0.475 e. The highest BCUT2D eigenvalue weighted by atomic mass is 16.3. The van der Waals surface area contributed by atoms with Crippen LogP contribution in [0.15, 0.2) is 36.3 Å². The predicted octanol–water partition coefficient (Wildman–Crippen LogP) is 1.07. The van der Waals surface area contributed by atoms with Crippen LogP contribution in [0, 0.1) is 11.3 Å². The maximum Gasteiger partial charge on any atom is 0.503 e. The molecule has 0 fully saturated rings. The zero-order valence-corrected chi connectivity index (χ0v) is 8.21. The van der Waals surface area contributed by atoms with Gasteiger partial charge in [-0.05, 0) is 12.1 Å². The summed E-state index contributed by atoms with van der Waals surface area (Å²) in [5, 5.41) is 19.9. The number of carbonyl (C=O) groups excluding carboxylic acids is 1. The van der Waals surface area contributed by atoms with Crippen molar-refractivity contribution in [2.45, 2.75) is 0 Å². The van der Waals surface area contributed by atoms with Gasteiger partial charge in [0.25, 0.3) is 0 Å². The summed E-state index contributed by atoms with van der Waals surface area (Å²) in [6, 6.07) is 8.34. The van der Waals surface area contributed by atoms with Crippen LogP contribution in [-0.4, -0.2) is 21.9 Å². The lowest BCUT2D eigenvalue weighted by Gasteiger charge is -1.92. The number of amides is 2. The van der Waals surface area contributed by atoms with Crippen LogP contribution < -0.4 is 5.32 Å². The van der Waals surface area contributed by atoms with Gasteiger partial charge >= 0.3 is 11.9 Å². The van der Waals surface area contributed by atoms with Crippen molar-refractivity contribution in [1.82, 2.24) is 5.32 Å². The topological polar surface area (TPSA) is 76.1 Å². The van der Waals surface area contributed by atoms with Crippen molar-refractivity contribution in [3.63, 3.8) is 0 Å². The van der Waals surface area contributed by atoms with Crippen LogP contribution in [0.4, 0.5) is 4.79 Å². The molecule has 16 heavy (non-hydrogen) atoms. The first kappa shape index (κ1) is 9.93. The van der Waals surface area contributed by atoms with E-state index in [-0.39, 0.29) is 5.88 Å². The van der Waals surface area contributed by atoms with E-state index in [1.54, 1.807) is 30.5 Å². The van der Waals surface area contributed by atoms with Crippen LogP contribution in [-0.2, 0) is 0 Å².